The van der Waals surface area contributed by atoms with Gasteiger partial charge in [0, 0.05) is 19.9 Å². The summed E-state index contributed by atoms with van der Waals surface area (Å²) < 4.78 is 29.7. The number of nitrogens with zero attached hydrogens (tertiary/aromatic N) is 3. The molecule has 0 aromatic carbocycles. The first kappa shape index (κ1) is 14.4. The molecule has 0 saturated heterocycles. The third-order valence-corrected chi connectivity index (χ3v) is 4.23. The Morgan fingerprint density at radius 2 is 2.12 bits per heavy atom. The van der Waals surface area contributed by atoms with Crippen molar-refractivity contribution in [3.63, 3.8) is 0 Å². The lowest BCUT2D eigenvalue weighted by molar-refractivity contribution is 0.185. The molecule has 1 aromatic heterocycles. The van der Waals surface area contributed by atoms with E-state index in [0.29, 0.717) is 24.8 Å². The summed E-state index contributed by atoms with van der Waals surface area (Å²) in [6.45, 7) is 2.52. The monoisotopic (exact) mass is 281 g/mol. The van der Waals surface area contributed by atoms with Gasteiger partial charge in [0.2, 0.25) is 0 Å². The Balaban J connectivity index is 3.11. The van der Waals surface area contributed by atoms with Crippen LogP contribution >= 0.6 is 11.6 Å². The quantitative estimate of drug-likeness (QED) is 0.720. The highest BCUT2D eigenvalue weighted by Crippen LogP contribution is 2.20. The largest absolute Gasteiger partial charge is 0.383 e. The predicted octanol–water partition coefficient (Wildman–Crippen LogP) is 0.769. The smallest absolute Gasteiger partial charge is 0.157 e. The number of methoxy groups -OCH3 is 1. The summed E-state index contributed by atoms with van der Waals surface area (Å²) in [4.78, 5) is 0. The van der Waals surface area contributed by atoms with Crippen molar-refractivity contribution in [2.24, 2.45) is 0 Å². The van der Waals surface area contributed by atoms with Crippen LogP contribution in [0.25, 0.3) is 0 Å². The standard InChI is InChI=1S/C9H16ClN3O3S/c1-7(17(3,14)15)9-12-11-8(6-10)13(9)4-5-16-2/h7H,4-6H2,1-3H3. The van der Waals surface area contributed by atoms with Gasteiger partial charge in [-0.1, -0.05) is 0 Å². The zero-order valence-corrected chi connectivity index (χ0v) is 11.6. The summed E-state index contributed by atoms with van der Waals surface area (Å²) in [6.07, 6.45) is 1.17. The van der Waals surface area contributed by atoms with E-state index >= 15 is 0 Å². The van der Waals surface area contributed by atoms with Gasteiger partial charge >= 0.3 is 0 Å². The number of hydrogen-bond acceptors (Lipinski definition) is 5. The highest BCUT2D eigenvalue weighted by atomic mass is 35.5. The number of sulfone groups is 1. The van der Waals surface area contributed by atoms with Crippen molar-refractivity contribution in [2.45, 2.75) is 24.6 Å². The van der Waals surface area contributed by atoms with Crippen molar-refractivity contribution in [2.75, 3.05) is 20.0 Å². The first-order chi connectivity index (χ1) is 7.91. The van der Waals surface area contributed by atoms with Crippen molar-refractivity contribution >= 4 is 21.4 Å². The fourth-order valence-electron chi connectivity index (χ4n) is 1.37. The van der Waals surface area contributed by atoms with E-state index in [1.54, 1.807) is 18.6 Å². The third kappa shape index (κ3) is 3.40. The van der Waals surface area contributed by atoms with E-state index in [2.05, 4.69) is 10.2 Å². The lowest BCUT2D eigenvalue weighted by Crippen LogP contribution is -2.17. The second kappa shape index (κ2) is 5.79. The highest BCUT2D eigenvalue weighted by molar-refractivity contribution is 7.90. The Bertz CT molecular complexity index is 472. The Morgan fingerprint density at radius 3 is 2.59 bits per heavy atom. The molecule has 0 aliphatic rings. The van der Waals surface area contributed by atoms with Gasteiger partial charge in [-0.05, 0) is 6.92 Å². The molecule has 98 valence electrons. The molecule has 0 spiro atoms. The predicted molar refractivity (Wildman–Crippen MR) is 64.7 cm³/mol. The minimum atomic E-state index is -3.21. The minimum Gasteiger partial charge on any atom is -0.383 e. The van der Waals surface area contributed by atoms with E-state index in [9.17, 15) is 8.42 Å². The summed E-state index contributed by atoms with van der Waals surface area (Å²) >= 11 is 5.73. The van der Waals surface area contributed by atoms with Crippen LogP contribution in [0, 0.1) is 0 Å². The van der Waals surface area contributed by atoms with Crippen LogP contribution in [-0.2, 0) is 27.0 Å². The molecule has 8 heteroatoms. The molecular formula is C9H16ClN3O3S. The Kier molecular flexibility index (Phi) is 4.91. The van der Waals surface area contributed by atoms with Crippen molar-refractivity contribution in [3.8, 4) is 0 Å². The van der Waals surface area contributed by atoms with Gasteiger partial charge in [-0.25, -0.2) is 8.42 Å². The molecule has 0 radical (unpaired) electrons. The SMILES string of the molecule is COCCn1c(CCl)nnc1C(C)S(C)(=O)=O. The van der Waals surface area contributed by atoms with Gasteiger partial charge in [0.25, 0.3) is 0 Å². The molecule has 17 heavy (non-hydrogen) atoms. The number of aromatic nitrogens is 3. The normalized spacial score (nSPS) is 13.9. The summed E-state index contributed by atoms with van der Waals surface area (Å²) in [7, 11) is -1.63. The van der Waals surface area contributed by atoms with E-state index in [-0.39, 0.29) is 5.88 Å². The van der Waals surface area contributed by atoms with Gasteiger partial charge in [-0.2, -0.15) is 0 Å². The molecule has 6 nitrogen and oxygen atoms in total. The van der Waals surface area contributed by atoms with E-state index in [4.69, 9.17) is 16.3 Å². The molecule has 0 N–H and O–H groups in total. The maximum absolute atomic E-state index is 11.5. The van der Waals surface area contributed by atoms with Crippen LogP contribution in [0.1, 0.15) is 23.8 Å². The van der Waals surface area contributed by atoms with Gasteiger partial charge in [-0.3, -0.25) is 0 Å². The second-order valence-electron chi connectivity index (χ2n) is 3.72. The fraction of sp³-hybridized carbons (Fsp3) is 0.778. The Hall–Kier alpha value is -0.660. The number of ether oxygens (including phenoxy) is 1. The van der Waals surface area contributed by atoms with Gasteiger partial charge < -0.3 is 9.30 Å². The zero-order chi connectivity index (χ0) is 13.1. The van der Waals surface area contributed by atoms with Gasteiger partial charge in [0.05, 0.1) is 12.5 Å². The molecule has 0 fully saturated rings. The van der Waals surface area contributed by atoms with E-state index in [1.165, 1.54) is 6.26 Å². The van der Waals surface area contributed by atoms with Gasteiger partial charge in [0.1, 0.15) is 11.1 Å². The first-order valence-electron chi connectivity index (χ1n) is 5.07. The second-order valence-corrected chi connectivity index (χ2v) is 6.36. The van der Waals surface area contributed by atoms with Crippen LogP contribution in [0.3, 0.4) is 0 Å². The maximum atomic E-state index is 11.5. The van der Waals surface area contributed by atoms with Crippen LogP contribution in [0.4, 0.5) is 0 Å². The molecule has 1 rings (SSSR count). The van der Waals surface area contributed by atoms with Crippen LogP contribution in [0.5, 0.6) is 0 Å². The van der Waals surface area contributed by atoms with Crippen molar-refractivity contribution in [1.82, 2.24) is 14.8 Å². The van der Waals surface area contributed by atoms with Crippen LogP contribution in [0.15, 0.2) is 0 Å². The summed E-state index contributed by atoms with van der Waals surface area (Å²) in [6, 6.07) is 0. The number of hydrogen-bond donors (Lipinski definition) is 0. The Morgan fingerprint density at radius 1 is 1.47 bits per heavy atom. The summed E-state index contributed by atoms with van der Waals surface area (Å²) in [5.41, 5.74) is 0. The van der Waals surface area contributed by atoms with E-state index in [0.717, 1.165) is 0 Å². The molecule has 0 aliphatic heterocycles. The molecule has 0 saturated carbocycles. The molecule has 0 amide bonds. The lowest BCUT2D eigenvalue weighted by atomic mass is 10.4. The average Bonchev–Trinajstić information content (AvgIpc) is 2.66. The van der Waals surface area contributed by atoms with Gasteiger partial charge in [0.15, 0.2) is 15.7 Å². The van der Waals surface area contributed by atoms with Crippen LogP contribution in [0.2, 0.25) is 0 Å². The summed E-state index contributed by atoms with van der Waals surface area (Å²) in [5.74, 6) is 1.14. The average molecular weight is 282 g/mol. The maximum Gasteiger partial charge on any atom is 0.157 e. The molecule has 1 aromatic rings. The van der Waals surface area contributed by atoms with Crippen molar-refractivity contribution < 1.29 is 13.2 Å². The first-order valence-corrected chi connectivity index (χ1v) is 7.56. The van der Waals surface area contributed by atoms with Crippen molar-refractivity contribution in [3.05, 3.63) is 11.6 Å². The zero-order valence-electron chi connectivity index (χ0n) is 10.1. The Labute approximate surface area is 106 Å². The summed E-state index contributed by atoms with van der Waals surface area (Å²) in [5, 5.41) is 7.08. The minimum absolute atomic E-state index is 0.188. The number of rotatable bonds is 6. The molecule has 1 heterocycles. The van der Waals surface area contributed by atoms with E-state index < -0.39 is 15.1 Å². The number of halogens is 1. The molecule has 0 aliphatic carbocycles. The van der Waals surface area contributed by atoms with Crippen LogP contribution < -0.4 is 0 Å². The molecule has 0 bridgehead atoms. The molecule has 1 unspecified atom stereocenters. The highest BCUT2D eigenvalue weighted by Gasteiger charge is 2.24. The number of alkyl halides is 1. The molecular weight excluding hydrogens is 266 g/mol. The van der Waals surface area contributed by atoms with Gasteiger partial charge in [-0.15, -0.1) is 21.8 Å². The van der Waals surface area contributed by atoms with Crippen LogP contribution in [-0.4, -0.2) is 43.2 Å². The molecule has 1 atom stereocenters. The fourth-order valence-corrected chi connectivity index (χ4v) is 2.12. The lowest BCUT2D eigenvalue weighted by Gasteiger charge is -2.12. The van der Waals surface area contributed by atoms with E-state index in [1.807, 2.05) is 0 Å². The topological polar surface area (TPSA) is 74.1 Å². The van der Waals surface area contributed by atoms with Crippen molar-refractivity contribution in [1.29, 1.82) is 0 Å². The third-order valence-electron chi connectivity index (χ3n) is 2.50.